The summed E-state index contributed by atoms with van der Waals surface area (Å²) < 4.78 is 7.82. The first-order chi connectivity index (χ1) is 11.4. The van der Waals surface area contributed by atoms with Gasteiger partial charge >= 0.3 is 0 Å². The van der Waals surface area contributed by atoms with Crippen molar-refractivity contribution < 1.29 is 4.42 Å². The molecule has 2 aromatic heterocycles. The van der Waals surface area contributed by atoms with Crippen molar-refractivity contribution in [2.24, 2.45) is 0 Å². The summed E-state index contributed by atoms with van der Waals surface area (Å²) in [5, 5.41) is 12.7. The molecule has 6 nitrogen and oxygen atoms in total. The van der Waals surface area contributed by atoms with Crippen LogP contribution in [0, 0.1) is 0 Å². The molecule has 23 heavy (non-hydrogen) atoms. The summed E-state index contributed by atoms with van der Waals surface area (Å²) >= 11 is 0. The van der Waals surface area contributed by atoms with Crippen LogP contribution >= 0.6 is 0 Å². The normalized spacial score (nSPS) is 18.5. The number of likely N-dealkylation sites (tertiary alicyclic amines) is 1. The first-order valence-corrected chi connectivity index (χ1v) is 7.98. The van der Waals surface area contributed by atoms with Gasteiger partial charge in [0.2, 0.25) is 11.8 Å². The molecule has 0 bridgehead atoms. The molecule has 0 N–H and O–H groups in total. The number of rotatable bonds is 5. The molecule has 6 heteroatoms. The molecular formula is C17H19N5O. The first kappa shape index (κ1) is 14.1. The lowest BCUT2D eigenvalue weighted by Crippen LogP contribution is -2.32. The highest BCUT2D eigenvalue weighted by Crippen LogP contribution is 2.23. The van der Waals surface area contributed by atoms with E-state index in [0.717, 1.165) is 18.7 Å². The van der Waals surface area contributed by atoms with Gasteiger partial charge in [0.15, 0.2) is 0 Å². The van der Waals surface area contributed by atoms with Crippen LogP contribution < -0.4 is 0 Å². The molecule has 1 fully saturated rings. The van der Waals surface area contributed by atoms with Crippen LogP contribution in [0.15, 0.2) is 53.2 Å². The lowest BCUT2D eigenvalue weighted by molar-refractivity contribution is 0.200. The van der Waals surface area contributed by atoms with Gasteiger partial charge < -0.3 is 4.42 Å². The van der Waals surface area contributed by atoms with Gasteiger partial charge in [0.05, 0.1) is 13.1 Å². The highest BCUT2D eigenvalue weighted by Gasteiger charge is 2.26. The Morgan fingerprint density at radius 1 is 1.13 bits per heavy atom. The van der Waals surface area contributed by atoms with Gasteiger partial charge in [-0.25, -0.2) is 0 Å². The number of hydrogen-bond donors (Lipinski definition) is 0. The minimum Gasteiger partial charge on any atom is -0.419 e. The Morgan fingerprint density at radius 3 is 2.87 bits per heavy atom. The Kier molecular flexibility index (Phi) is 3.90. The maximum Gasteiger partial charge on any atom is 0.247 e. The molecule has 1 aliphatic rings. The van der Waals surface area contributed by atoms with E-state index in [4.69, 9.17) is 4.42 Å². The van der Waals surface area contributed by atoms with Gasteiger partial charge in [-0.3, -0.25) is 9.58 Å². The van der Waals surface area contributed by atoms with E-state index >= 15 is 0 Å². The van der Waals surface area contributed by atoms with Crippen LogP contribution in [0.1, 0.15) is 18.7 Å². The molecule has 0 saturated carbocycles. The molecule has 0 radical (unpaired) electrons. The van der Waals surface area contributed by atoms with Gasteiger partial charge in [0, 0.05) is 24.0 Å². The fraction of sp³-hybridized carbons (Fsp3) is 0.353. The van der Waals surface area contributed by atoms with Crippen LogP contribution in [-0.4, -0.2) is 37.5 Å². The Balaban J connectivity index is 1.44. The molecule has 118 valence electrons. The second kappa shape index (κ2) is 6.34. The Morgan fingerprint density at radius 2 is 2.04 bits per heavy atom. The van der Waals surface area contributed by atoms with E-state index in [1.165, 1.54) is 12.8 Å². The van der Waals surface area contributed by atoms with E-state index in [2.05, 4.69) is 20.2 Å². The third-order valence-corrected chi connectivity index (χ3v) is 4.28. The molecular weight excluding hydrogens is 290 g/mol. The van der Waals surface area contributed by atoms with Gasteiger partial charge in [-0.05, 0) is 37.6 Å². The predicted molar refractivity (Wildman–Crippen MR) is 85.4 cm³/mol. The quantitative estimate of drug-likeness (QED) is 0.725. The molecule has 0 aliphatic carbocycles. The van der Waals surface area contributed by atoms with E-state index in [9.17, 15) is 0 Å². The van der Waals surface area contributed by atoms with Gasteiger partial charge in [-0.15, -0.1) is 10.2 Å². The number of aromatic nitrogens is 4. The number of nitrogens with zero attached hydrogens (tertiary/aromatic N) is 5. The zero-order valence-corrected chi connectivity index (χ0v) is 12.9. The van der Waals surface area contributed by atoms with Gasteiger partial charge in [0.25, 0.3) is 0 Å². The van der Waals surface area contributed by atoms with E-state index in [0.29, 0.717) is 24.4 Å². The van der Waals surface area contributed by atoms with Gasteiger partial charge in [0.1, 0.15) is 0 Å². The molecule has 3 heterocycles. The van der Waals surface area contributed by atoms with Crippen molar-refractivity contribution in [2.45, 2.75) is 32.0 Å². The summed E-state index contributed by atoms with van der Waals surface area (Å²) in [5.41, 5.74) is 0.959. The predicted octanol–water partition coefficient (Wildman–Crippen LogP) is 2.60. The second-order valence-electron chi connectivity index (χ2n) is 5.86. The first-order valence-electron chi connectivity index (χ1n) is 7.98. The van der Waals surface area contributed by atoms with Crippen molar-refractivity contribution in [2.75, 3.05) is 6.54 Å². The van der Waals surface area contributed by atoms with Crippen LogP contribution in [-0.2, 0) is 13.1 Å². The van der Waals surface area contributed by atoms with Crippen molar-refractivity contribution in [3.05, 3.63) is 54.7 Å². The Hall–Kier alpha value is -2.47. The third kappa shape index (κ3) is 3.17. The standard InChI is InChI=1S/C17H19N5O/c1-2-6-14(7-3-1)17-20-19-16(23-17)13-21-10-4-8-15(21)12-22-11-5-9-18-22/h1-3,5-7,9,11,15H,4,8,10,12-13H2. The molecule has 1 saturated heterocycles. The molecule has 1 aromatic carbocycles. The SMILES string of the molecule is c1ccc(-c2nnc(CN3CCCC3Cn3cccn3)o2)cc1. The van der Waals surface area contributed by atoms with E-state index in [-0.39, 0.29) is 0 Å². The average molecular weight is 309 g/mol. The minimum absolute atomic E-state index is 0.474. The molecule has 1 atom stereocenters. The number of hydrogen-bond acceptors (Lipinski definition) is 5. The molecule has 1 unspecified atom stereocenters. The van der Waals surface area contributed by atoms with E-state index < -0.39 is 0 Å². The topological polar surface area (TPSA) is 60.0 Å². The summed E-state index contributed by atoms with van der Waals surface area (Å²) in [6.07, 6.45) is 6.21. The lowest BCUT2D eigenvalue weighted by atomic mass is 10.2. The molecule has 0 amide bonds. The smallest absolute Gasteiger partial charge is 0.247 e. The minimum atomic E-state index is 0.474. The summed E-state index contributed by atoms with van der Waals surface area (Å²) in [6.45, 7) is 2.67. The molecule has 1 aliphatic heterocycles. The van der Waals surface area contributed by atoms with Crippen LogP contribution in [0.3, 0.4) is 0 Å². The molecule has 3 aromatic rings. The highest BCUT2D eigenvalue weighted by molar-refractivity contribution is 5.51. The zero-order valence-electron chi connectivity index (χ0n) is 12.9. The van der Waals surface area contributed by atoms with Crippen LogP contribution in [0.5, 0.6) is 0 Å². The van der Waals surface area contributed by atoms with Crippen LogP contribution in [0.2, 0.25) is 0 Å². The highest BCUT2D eigenvalue weighted by atomic mass is 16.4. The van der Waals surface area contributed by atoms with Crippen molar-refractivity contribution in [1.29, 1.82) is 0 Å². The fourth-order valence-electron chi connectivity index (χ4n) is 3.12. The fourth-order valence-corrected chi connectivity index (χ4v) is 3.12. The van der Waals surface area contributed by atoms with Crippen LogP contribution in [0.25, 0.3) is 11.5 Å². The van der Waals surface area contributed by atoms with E-state index in [1.807, 2.05) is 53.5 Å². The van der Waals surface area contributed by atoms with Crippen LogP contribution in [0.4, 0.5) is 0 Å². The average Bonchev–Trinajstić information content (AvgIpc) is 3.33. The molecule has 4 rings (SSSR count). The Labute approximate surface area is 134 Å². The van der Waals surface area contributed by atoms with Crippen molar-refractivity contribution in [3.8, 4) is 11.5 Å². The van der Waals surface area contributed by atoms with E-state index in [1.54, 1.807) is 0 Å². The zero-order chi connectivity index (χ0) is 15.5. The summed E-state index contributed by atoms with van der Waals surface area (Å²) in [5.74, 6) is 1.26. The summed E-state index contributed by atoms with van der Waals surface area (Å²) in [7, 11) is 0. The number of benzene rings is 1. The van der Waals surface area contributed by atoms with Gasteiger partial charge in [-0.2, -0.15) is 5.10 Å². The van der Waals surface area contributed by atoms with Crippen molar-refractivity contribution in [1.82, 2.24) is 24.9 Å². The summed E-state index contributed by atoms with van der Waals surface area (Å²) in [6, 6.07) is 12.3. The van der Waals surface area contributed by atoms with Gasteiger partial charge in [-0.1, -0.05) is 18.2 Å². The summed E-state index contributed by atoms with van der Waals surface area (Å²) in [4.78, 5) is 2.41. The second-order valence-corrected chi connectivity index (χ2v) is 5.86. The van der Waals surface area contributed by atoms with Crippen molar-refractivity contribution >= 4 is 0 Å². The van der Waals surface area contributed by atoms with Crippen molar-refractivity contribution in [3.63, 3.8) is 0 Å². The maximum absolute atomic E-state index is 5.83. The largest absolute Gasteiger partial charge is 0.419 e. The lowest BCUT2D eigenvalue weighted by Gasteiger charge is -2.22. The Bertz CT molecular complexity index is 737. The maximum atomic E-state index is 5.83. The molecule has 0 spiro atoms. The third-order valence-electron chi connectivity index (χ3n) is 4.28. The monoisotopic (exact) mass is 309 g/mol.